The highest BCUT2D eigenvalue weighted by Gasteiger charge is 2.38. The number of halogens is 6. The Morgan fingerprint density at radius 2 is 1.53 bits per heavy atom. The molecule has 0 unspecified atom stereocenters. The summed E-state index contributed by atoms with van der Waals surface area (Å²) in [6, 6.07) is 2.02. The number of fused-ring (bicyclic) bond motifs is 1. The Morgan fingerprint density at radius 3 is 1.97 bits per heavy atom. The third-order valence-corrected chi connectivity index (χ3v) is 4.51. The second kappa shape index (κ2) is 12.4. The Labute approximate surface area is 189 Å². The number of hydrogen-bond donors (Lipinski definition) is 5. The van der Waals surface area contributed by atoms with Crippen LogP contribution in [-0.2, 0) is 22.4 Å². The second-order valence-corrected chi connectivity index (χ2v) is 7.25. The fraction of sp³-hybridized carbons (Fsp3) is 0.579. The summed E-state index contributed by atoms with van der Waals surface area (Å²) in [7, 11) is 1.67. The van der Waals surface area contributed by atoms with Crippen LogP contribution in [0.25, 0.3) is 0 Å². The number of amides is 1. The second-order valence-electron chi connectivity index (χ2n) is 7.25. The Bertz CT molecular complexity index is 848. The molecule has 1 amide bonds. The highest BCUT2D eigenvalue weighted by atomic mass is 19.4. The van der Waals surface area contributed by atoms with Crippen LogP contribution >= 0.6 is 0 Å². The molecule has 0 radical (unpaired) electrons. The van der Waals surface area contributed by atoms with Gasteiger partial charge in [-0.3, -0.25) is 4.79 Å². The van der Waals surface area contributed by atoms with E-state index in [0.717, 1.165) is 49.9 Å². The number of rotatable bonds is 4. The topological polar surface area (TPSA) is 141 Å². The molecule has 34 heavy (non-hydrogen) atoms. The smallest absolute Gasteiger partial charge is 0.475 e. The Kier molecular flexibility index (Phi) is 10.5. The van der Waals surface area contributed by atoms with Crippen LogP contribution in [-0.4, -0.2) is 72.1 Å². The van der Waals surface area contributed by atoms with Gasteiger partial charge in [-0.2, -0.15) is 26.3 Å². The van der Waals surface area contributed by atoms with E-state index in [9.17, 15) is 31.1 Å². The lowest BCUT2D eigenvalue weighted by atomic mass is 10.1. The van der Waals surface area contributed by atoms with Crippen molar-refractivity contribution in [2.45, 2.75) is 38.0 Å². The zero-order chi connectivity index (χ0) is 26.1. The number of carboxylic acid groups (broad SMARTS) is 2. The first-order valence-corrected chi connectivity index (χ1v) is 9.96. The molecule has 0 spiro atoms. The van der Waals surface area contributed by atoms with Crippen molar-refractivity contribution in [1.29, 1.82) is 0 Å². The lowest BCUT2D eigenvalue weighted by Crippen LogP contribution is -2.22. The summed E-state index contributed by atoms with van der Waals surface area (Å²) in [6.45, 7) is 2.84. The SMILES string of the molecule is CNC(=O)c1cc2c(nc1NCC1CC1)CCNCC2.O=C(O)C(F)(F)F.O=C(O)C(F)(F)F. The Balaban J connectivity index is 0.000000343. The number of pyridine rings is 1. The Morgan fingerprint density at radius 1 is 1.03 bits per heavy atom. The van der Waals surface area contributed by atoms with Crippen LogP contribution in [0.2, 0.25) is 0 Å². The average molecular weight is 502 g/mol. The fourth-order valence-corrected chi connectivity index (χ4v) is 2.59. The standard InChI is InChI=1S/C15H22N4O.2C2HF3O2/c1-16-15(20)12-8-11-4-6-17-7-5-13(11)19-14(12)18-9-10-2-3-10;2*3-2(4,5)1(6)7/h8,10,17H,2-7,9H2,1H3,(H,16,20)(H,18,19);2*(H,6,7). The number of nitrogens with one attached hydrogen (secondary N) is 3. The van der Waals surface area contributed by atoms with Gasteiger partial charge in [0, 0.05) is 32.3 Å². The number of aromatic nitrogens is 1. The van der Waals surface area contributed by atoms with Gasteiger partial charge in [0.1, 0.15) is 5.82 Å². The summed E-state index contributed by atoms with van der Waals surface area (Å²) in [5, 5.41) is 23.7. The van der Waals surface area contributed by atoms with E-state index in [-0.39, 0.29) is 5.91 Å². The summed E-state index contributed by atoms with van der Waals surface area (Å²) in [5.74, 6) is -4.07. The number of anilines is 1. The molecule has 9 nitrogen and oxygen atoms in total. The van der Waals surface area contributed by atoms with E-state index in [1.807, 2.05) is 6.07 Å². The first-order valence-electron chi connectivity index (χ1n) is 9.96. The molecular weight excluding hydrogens is 478 g/mol. The van der Waals surface area contributed by atoms with E-state index in [1.165, 1.54) is 18.4 Å². The van der Waals surface area contributed by atoms with Crippen molar-refractivity contribution in [3.63, 3.8) is 0 Å². The molecule has 2 aliphatic rings. The van der Waals surface area contributed by atoms with Crippen molar-refractivity contribution < 1.29 is 50.9 Å². The monoisotopic (exact) mass is 502 g/mol. The molecule has 1 aromatic rings. The molecular formula is C19H24F6N4O5. The fourth-order valence-electron chi connectivity index (χ4n) is 2.59. The van der Waals surface area contributed by atoms with Crippen molar-refractivity contribution in [3.8, 4) is 0 Å². The maximum absolute atomic E-state index is 12.1. The summed E-state index contributed by atoms with van der Waals surface area (Å²) in [4.78, 5) is 34.6. The van der Waals surface area contributed by atoms with Gasteiger partial charge in [-0.25, -0.2) is 14.6 Å². The van der Waals surface area contributed by atoms with E-state index in [1.54, 1.807) is 7.05 Å². The molecule has 2 heterocycles. The summed E-state index contributed by atoms with van der Waals surface area (Å²) in [6.07, 6.45) is -5.72. The van der Waals surface area contributed by atoms with E-state index in [0.29, 0.717) is 5.56 Å². The highest BCUT2D eigenvalue weighted by molar-refractivity contribution is 5.98. The van der Waals surface area contributed by atoms with E-state index in [2.05, 4.69) is 16.0 Å². The normalized spacial score (nSPS) is 15.3. The van der Waals surface area contributed by atoms with Crippen molar-refractivity contribution in [2.24, 2.45) is 5.92 Å². The van der Waals surface area contributed by atoms with Crippen LogP contribution in [0.4, 0.5) is 32.2 Å². The number of aliphatic carboxylic acids is 2. The van der Waals surface area contributed by atoms with Gasteiger partial charge in [-0.05, 0) is 43.4 Å². The molecule has 3 rings (SSSR count). The zero-order valence-corrected chi connectivity index (χ0v) is 17.9. The number of hydrogen-bond acceptors (Lipinski definition) is 6. The highest BCUT2D eigenvalue weighted by Crippen LogP contribution is 2.29. The van der Waals surface area contributed by atoms with E-state index < -0.39 is 24.3 Å². The molecule has 5 N–H and O–H groups in total. The third kappa shape index (κ3) is 10.2. The lowest BCUT2D eigenvalue weighted by molar-refractivity contribution is -0.193. The summed E-state index contributed by atoms with van der Waals surface area (Å²) in [5.41, 5.74) is 3.00. The molecule has 15 heteroatoms. The Hall–Kier alpha value is -3.10. The van der Waals surface area contributed by atoms with Crippen molar-refractivity contribution in [3.05, 3.63) is 22.9 Å². The maximum atomic E-state index is 12.1. The van der Waals surface area contributed by atoms with Gasteiger partial charge in [0.25, 0.3) is 5.91 Å². The van der Waals surface area contributed by atoms with Gasteiger partial charge in [0.05, 0.1) is 5.56 Å². The molecule has 1 aliphatic heterocycles. The van der Waals surface area contributed by atoms with Gasteiger partial charge in [-0.15, -0.1) is 0 Å². The minimum Gasteiger partial charge on any atom is -0.475 e. The molecule has 0 atom stereocenters. The van der Waals surface area contributed by atoms with Crippen LogP contribution < -0.4 is 16.0 Å². The van der Waals surface area contributed by atoms with Crippen LogP contribution in [0.3, 0.4) is 0 Å². The van der Waals surface area contributed by atoms with E-state index in [4.69, 9.17) is 24.8 Å². The van der Waals surface area contributed by atoms with Gasteiger partial charge in [-0.1, -0.05) is 0 Å². The molecule has 192 valence electrons. The van der Waals surface area contributed by atoms with Crippen LogP contribution in [0.5, 0.6) is 0 Å². The first-order chi connectivity index (χ1) is 15.7. The number of carbonyl (C=O) groups is 3. The third-order valence-electron chi connectivity index (χ3n) is 4.51. The molecule has 0 aromatic carbocycles. The molecule has 1 aliphatic carbocycles. The number of nitrogens with zero attached hydrogens (tertiary/aromatic N) is 1. The average Bonchev–Trinajstić information content (AvgIpc) is 3.57. The zero-order valence-electron chi connectivity index (χ0n) is 17.9. The summed E-state index contributed by atoms with van der Waals surface area (Å²) < 4.78 is 63.5. The first kappa shape index (κ1) is 28.9. The number of carbonyl (C=O) groups excluding carboxylic acids is 1. The van der Waals surface area contributed by atoms with Crippen LogP contribution in [0, 0.1) is 5.92 Å². The molecule has 1 aromatic heterocycles. The number of alkyl halides is 6. The van der Waals surface area contributed by atoms with Crippen LogP contribution in [0.15, 0.2) is 6.07 Å². The van der Waals surface area contributed by atoms with Crippen LogP contribution in [0.1, 0.15) is 34.5 Å². The minimum atomic E-state index is -5.08. The molecule has 1 fully saturated rings. The van der Waals surface area contributed by atoms with E-state index >= 15 is 0 Å². The van der Waals surface area contributed by atoms with Crippen molar-refractivity contribution >= 4 is 23.7 Å². The van der Waals surface area contributed by atoms with Crippen molar-refractivity contribution in [2.75, 3.05) is 32.0 Å². The van der Waals surface area contributed by atoms with Gasteiger partial charge in [0.15, 0.2) is 0 Å². The molecule has 1 saturated carbocycles. The quantitative estimate of drug-likeness (QED) is 0.395. The molecule has 0 saturated heterocycles. The largest absolute Gasteiger partial charge is 0.490 e. The maximum Gasteiger partial charge on any atom is 0.490 e. The van der Waals surface area contributed by atoms with Crippen molar-refractivity contribution in [1.82, 2.24) is 15.6 Å². The van der Waals surface area contributed by atoms with Gasteiger partial charge < -0.3 is 26.2 Å². The predicted octanol–water partition coefficient (Wildman–Crippen LogP) is 2.22. The molecule has 0 bridgehead atoms. The van der Waals surface area contributed by atoms with Gasteiger partial charge in [0.2, 0.25) is 0 Å². The lowest BCUT2D eigenvalue weighted by Gasteiger charge is -2.14. The number of carboxylic acids is 2. The predicted molar refractivity (Wildman–Crippen MR) is 107 cm³/mol. The summed E-state index contributed by atoms with van der Waals surface area (Å²) >= 11 is 0. The minimum absolute atomic E-state index is 0.0594. The van der Waals surface area contributed by atoms with Gasteiger partial charge >= 0.3 is 24.3 Å².